The van der Waals surface area contributed by atoms with Gasteiger partial charge in [-0.25, -0.2) is 4.98 Å². The van der Waals surface area contributed by atoms with Crippen LogP contribution in [0.4, 0.5) is 0 Å². The SMILES string of the molecule is COCCCSc1nc2sc3c(c2c(=O)n1-c1ccccc1)CCCC3. The number of rotatable bonds is 6. The summed E-state index contributed by atoms with van der Waals surface area (Å²) >= 11 is 3.35. The molecule has 0 aliphatic heterocycles. The van der Waals surface area contributed by atoms with E-state index in [1.54, 1.807) is 34.8 Å². The van der Waals surface area contributed by atoms with Gasteiger partial charge in [-0.2, -0.15) is 0 Å². The Morgan fingerprint density at radius 2 is 2.04 bits per heavy atom. The van der Waals surface area contributed by atoms with Gasteiger partial charge in [0.1, 0.15) is 4.83 Å². The molecule has 1 aromatic carbocycles. The summed E-state index contributed by atoms with van der Waals surface area (Å²) in [4.78, 5) is 20.6. The summed E-state index contributed by atoms with van der Waals surface area (Å²) in [7, 11) is 1.71. The number of thioether (sulfide) groups is 1. The topological polar surface area (TPSA) is 44.1 Å². The molecule has 0 bridgehead atoms. The number of methoxy groups -OCH3 is 1. The van der Waals surface area contributed by atoms with Crippen molar-refractivity contribution in [3.05, 3.63) is 51.1 Å². The number of para-hydroxylation sites is 1. The van der Waals surface area contributed by atoms with Gasteiger partial charge in [0.25, 0.3) is 5.56 Å². The van der Waals surface area contributed by atoms with E-state index < -0.39 is 0 Å². The number of fused-ring (bicyclic) bond motifs is 3. The van der Waals surface area contributed by atoms with Crippen LogP contribution in [0, 0.1) is 0 Å². The van der Waals surface area contributed by atoms with E-state index in [1.807, 2.05) is 30.3 Å². The molecule has 0 saturated carbocycles. The first-order valence-electron chi connectivity index (χ1n) is 9.04. The maximum atomic E-state index is 13.5. The summed E-state index contributed by atoms with van der Waals surface area (Å²) in [6.07, 6.45) is 5.39. The molecule has 2 heterocycles. The van der Waals surface area contributed by atoms with Gasteiger partial charge in [0.15, 0.2) is 5.16 Å². The summed E-state index contributed by atoms with van der Waals surface area (Å²) in [6, 6.07) is 9.86. The molecule has 1 aliphatic rings. The van der Waals surface area contributed by atoms with Gasteiger partial charge in [0.2, 0.25) is 0 Å². The summed E-state index contributed by atoms with van der Waals surface area (Å²) in [5.41, 5.74) is 2.21. The van der Waals surface area contributed by atoms with Crippen LogP contribution in [0.5, 0.6) is 0 Å². The first-order chi connectivity index (χ1) is 12.8. The molecule has 0 fully saturated rings. The third-order valence-corrected chi connectivity index (χ3v) is 6.91. The molecule has 6 heteroatoms. The molecular weight excluding hydrogens is 364 g/mol. The van der Waals surface area contributed by atoms with Gasteiger partial charge in [0, 0.05) is 24.3 Å². The predicted molar refractivity (Wildman–Crippen MR) is 109 cm³/mol. The molecule has 3 aromatic rings. The van der Waals surface area contributed by atoms with Crippen LogP contribution in [0.3, 0.4) is 0 Å². The van der Waals surface area contributed by atoms with E-state index in [-0.39, 0.29) is 5.56 Å². The molecule has 1 aliphatic carbocycles. The van der Waals surface area contributed by atoms with Crippen LogP contribution in [0.15, 0.2) is 40.3 Å². The molecule has 136 valence electrons. The Morgan fingerprint density at radius 3 is 2.85 bits per heavy atom. The third-order valence-electron chi connectivity index (χ3n) is 4.70. The van der Waals surface area contributed by atoms with Crippen LogP contribution in [0.1, 0.15) is 29.7 Å². The van der Waals surface area contributed by atoms with Crippen molar-refractivity contribution < 1.29 is 4.74 Å². The van der Waals surface area contributed by atoms with Crippen molar-refractivity contribution in [2.45, 2.75) is 37.3 Å². The number of thiophene rings is 1. The normalized spacial score (nSPS) is 13.9. The highest BCUT2D eigenvalue weighted by molar-refractivity contribution is 7.99. The van der Waals surface area contributed by atoms with Crippen molar-refractivity contribution in [3.63, 3.8) is 0 Å². The molecule has 0 N–H and O–H groups in total. The molecule has 0 saturated heterocycles. The van der Waals surface area contributed by atoms with E-state index in [9.17, 15) is 4.79 Å². The van der Waals surface area contributed by atoms with E-state index in [1.165, 1.54) is 16.9 Å². The standard InChI is InChI=1S/C20H22N2O2S2/c1-24-12-7-13-25-20-21-18-17(15-10-5-6-11-16(15)26-18)19(23)22(20)14-8-3-2-4-9-14/h2-4,8-9H,5-7,10-13H2,1H3. The lowest BCUT2D eigenvalue weighted by molar-refractivity contribution is 0.200. The largest absolute Gasteiger partial charge is 0.385 e. The van der Waals surface area contributed by atoms with Gasteiger partial charge < -0.3 is 4.74 Å². The Hall–Kier alpha value is -1.63. The van der Waals surface area contributed by atoms with E-state index in [0.29, 0.717) is 0 Å². The lowest BCUT2D eigenvalue weighted by Gasteiger charge is -2.13. The predicted octanol–water partition coefficient (Wildman–Crippen LogP) is 4.45. The van der Waals surface area contributed by atoms with E-state index in [4.69, 9.17) is 9.72 Å². The van der Waals surface area contributed by atoms with E-state index >= 15 is 0 Å². The quantitative estimate of drug-likeness (QED) is 0.357. The van der Waals surface area contributed by atoms with Crippen LogP contribution in [-0.4, -0.2) is 29.0 Å². The number of hydrogen-bond donors (Lipinski definition) is 0. The highest BCUT2D eigenvalue weighted by Gasteiger charge is 2.22. The first-order valence-corrected chi connectivity index (χ1v) is 10.8. The lowest BCUT2D eigenvalue weighted by atomic mass is 9.97. The summed E-state index contributed by atoms with van der Waals surface area (Å²) in [6.45, 7) is 0.720. The molecule has 0 radical (unpaired) electrons. The molecule has 4 rings (SSSR count). The van der Waals surface area contributed by atoms with Crippen molar-refractivity contribution in [2.75, 3.05) is 19.5 Å². The van der Waals surface area contributed by atoms with Crippen molar-refractivity contribution in [2.24, 2.45) is 0 Å². The molecule has 0 atom stereocenters. The monoisotopic (exact) mass is 386 g/mol. The van der Waals surface area contributed by atoms with Crippen molar-refractivity contribution >= 4 is 33.3 Å². The van der Waals surface area contributed by atoms with Crippen molar-refractivity contribution in [3.8, 4) is 5.69 Å². The summed E-state index contributed by atoms with van der Waals surface area (Å²) in [5.74, 6) is 0.879. The number of aryl methyl sites for hydroxylation is 2. The van der Waals surface area contributed by atoms with Gasteiger partial charge in [-0.05, 0) is 49.8 Å². The van der Waals surface area contributed by atoms with Gasteiger partial charge in [-0.15, -0.1) is 11.3 Å². The number of hydrogen-bond acceptors (Lipinski definition) is 5. The minimum absolute atomic E-state index is 0.0786. The summed E-state index contributed by atoms with van der Waals surface area (Å²) in [5, 5.41) is 1.62. The lowest BCUT2D eigenvalue weighted by Crippen LogP contribution is -2.22. The molecule has 2 aromatic heterocycles. The molecule has 26 heavy (non-hydrogen) atoms. The van der Waals surface area contributed by atoms with Gasteiger partial charge in [-0.1, -0.05) is 30.0 Å². The van der Waals surface area contributed by atoms with Gasteiger partial charge in [0.05, 0.1) is 11.1 Å². The molecule has 0 unspecified atom stereocenters. The molecule has 0 amide bonds. The maximum Gasteiger partial charge on any atom is 0.267 e. The van der Waals surface area contributed by atoms with Crippen LogP contribution >= 0.6 is 23.1 Å². The fraction of sp³-hybridized carbons (Fsp3) is 0.400. The number of ether oxygens (including phenoxy) is 1. The van der Waals surface area contributed by atoms with Crippen LogP contribution < -0.4 is 5.56 Å². The minimum atomic E-state index is 0.0786. The highest BCUT2D eigenvalue weighted by Crippen LogP contribution is 2.35. The van der Waals surface area contributed by atoms with Crippen LogP contribution in [-0.2, 0) is 17.6 Å². The Balaban J connectivity index is 1.86. The molecular formula is C20H22N2O2S2. The number of nitrogens with zero attached hydrogens (tertiary/aromatic N) is 2. The zero-order valence-corrected chi connectivity index (χ0v) is 16.5. The number of aromatic nitrogens is 2. The van der Waals surface area contributed by atoms with E-state index in [0.717, 1.165) is 59.1 Å². The Kier molecular flexibility index (Phi) is 5.43. The second-order valence-electron chi connectivity index (χ2n) is 6.46. The molecule has 4 nitrogen and oxygen atoms in total. The first kappa shape index (κ1) is 17.8. The van der Waals surface area contributed by atoms with E-state index in [2.05, 4.69) is 0 Å². The third kappa shape index (κ3) is 3.33. The van der Waals surface area contributed by atoms with Gasteiger partial charge in [-0.3, -0.25) is 9.36 Å². The Morgan fingerprint density at radius 1 is 1.23 bits per heavy atom. The van der Waals surface area contributed by atoms with Crippen LogP contribution in [0.2, 0.25) is 0 Å². The average molecular weight is 387 g/mol. The maximum absolute atomic E-state index is 13.5. The smallest absolute Gasteiger partial charge is 0.267 e. The Labute approximate surface area is 161 Å². The minimum Gasteiger partial charge on any atom is -0.385 e. The Bertz CT molecular complexity index is 963. The summed E-state index contributed by atoms with van der Waals surface area (Å²) < 4.78 is 6.94. The van der Waals surface area contributed by atoms with Crippen LogP contribution in [0.25, 0.3) is 15.9 Å². The fourth-order valence-corrected chi connectivity index (χ4v) is 5.68. The zero-order chi connectivity index (χ0) is 17.9. The average Bonchev–Trinajstić information content (AvgIpc) is 3.04. The fourth-order valence-electron chi connectivity index (χ4n) is 3.45. The second-order valence-corrected chi connectivity index (χ2v) is 8.60. The zero-order valence-electron chi connectivity index (χ0n) is 14.9. The van der Waals surface area contributed by atoms with Crippen molar-refractivity contribution in [1.82, 2.24) is 9.55 Å². The highest BCUT2D eigenvalue weighted by atomic mass is 32.2. The molecule has 0 spiro atoms. The second kappa shape index (κ2) is 7.94. The van der Waals surface area contributed by atoms with Crippen molar-refractivity contribution in [1.29, 1.82) is 0 Å². The number of benzene rings is 1. The van der Waals surface area contributed by atoms with Gasteiger partial charge >= 0.3 is 0 Å².